The number of nitrogens with one attached hydrogen (secondary N) is 2. The maximum absolute atomic E-state index is 4.08. The van der Waals surface area contributed by atoms with Crippen molar-refractivity contribution >= 4 is 16.6 Å². The highest BCUT2D eigenvalue weighted by Crippen LogP contribution is 2.25. The van der Waals surface area contributed by atoms with Crippen LogP contribution in [0.2, 0.25) is 0 Å². The minimum Gasteiger partial charge on any atom is -0.377 e. The average Bonchev–Trinajstić information content (AvgIpc) is 2.89. The van der Waals surface area contributed by atoms with E-state index in [1.54, 1.807) is 0 Å². The molecule has 3 aromatic rings. The molecule has 3 heteroatoms. The van der Waals surface area contributed by atoms with E-state index in [-0.39, 0.29) is 6.04 Å². The Bertz CT molecular complexity index is 643. The number of H-pyrrole nitrogens is 1. The molecule has 0 spiro atoms. The molecule has 0 aliphatic carbocycles. The van der Waals surface area contributed by atoms with E-state index >= 15 is 0 Å². The van der Waals surface area contributed by atoms with Gasteiger partial charge in [0, 0.05) is 11.4 Å². The largest absolute Gasteiger partial charge is 0.377 e. The molecule has 2 aromatic carbocycles. The fourth-order valence-corrected chi connectivity index (χ4v) is 2.15. The molecule has 0 amide bonds. The minimum absolute atomic E-state index is 0.264. The molecule has 18 heavy (non-hydrogen) atoms. The van der Waals surface area contributed by atoms with Gasteiger partial charge >= 0.3 is 0 Å². The van der Waals surface area contributed by atoms with Gasteiger partial charge in [-0.05, 0) is 18.6 Å². The Kier molecular flexibility index (Phi) is 2.73. The van der Waals surface area contributed by atoms with Crippen molar-refractivity contribution < 1.29 is 0 Å². The third-order valence-corrected chi connectivity index (χ3v) is 3.15. The first-order valence-corrected chi connectivity index (χ1v) is 6.08. The zero-order valence-corrected chi connectivity index (χ0v) is 10.2. The van der Waals surface area contributed by atoms with Crippen molar-refractivity contribution in [2.75, 3.05) is 5.32 Å². The van der Waals surface area contributed by atoms with Gasteiger partial charge < -0.3 is 5.32 Å². The summed E-state index contributed by atoms with van der Waals surface area (Å²) in [7, 11) is 0. The van der Waals surface area contributed by atoms with E-state index in [2.05, 4.69) is 58.8 Å². The molecule has 3 rings (SSSR count). The second-order valence-electron chi connectivity index (χ2n) is 4.42. The van der Waals surface area contributed by atoms with Crippen molar-refractivity contribution in [2.24, 2.45) is 0 Å². The second kappa shape index (κ2) is 4.53. The summed E-state index contributed by atoms with van der Waals surface area (Å²) in [6.45, 7) is 2.16. The molecule has 3 nitrogen and oxygen atoms in total. The first-order valence-electron chi connectivity index (χ1n) is 6.08. The van der Waals surface area contributed by atoms with Crippen LogP contribution in [0.15, 0.2) is 54.7 Å². The molecule has 0 saturated carbocycles. The summed E-state index contributed by atoms with van der Waals surface area (Å²) in [5.41, 5.74) is 3.41. The number of nitrogens with zero attached hydrogens (tertiary/aromatic N) is 1. The number of rotatable bonds is 3. The summed E-state index contributed by atoms with van der Waals surface area (Å²) >= 11 is 0. The van der Waals surface area contributed by atoms with Crippen LogP contribution in [0.5, 0.6) is 0 Å². The summed E-state index contributed by atoms with van der Waals surface area (Å²) in [5.74, 6) is 0. The number of hydrogen-bond acceptors (Lipinski definition) is 2. The van der Waals surface area contributed by atoms with Gasteiger partial charge in [0.05, 0.1) is 17.4 Å². The maximum Gasteiger partial charge on any atom is 0.0881 e. The van der Waals surface area contributed by atoms with E-state index in [0.29, 0.717) is 0 Å². The Balaban J connectivity index is 1.91. The van der Waals surface area contributed by atoms with Gasteiger partial charge in [-0.2, -0.15) is 5.10 Å². The minimum atomic E-state index is 0.264. The van der Waals surface area contributed by atoms with Crippen LogP contribution in [0.1, 0.15) is 18.5 Å². The van der Waals surface area contributed by atoms with Crippen LogP contribution >= 0.6 is 0 Å². The van der Waals surface area contributed by atoms with E-state index in [1.165, 1.54) is 5.56 Å². The van der Waals surface area contributed by atoms with Crippen LogP contribution in [0.4, 0.5) is 5.69 Å². The zero-order valence-electron chi connectivity index (χ0n) is 10.2. The number of anilines is 1. The van der Waals surface area contributed by atoms with Crippen molar-refractivity contribution in [2.45, 2.75) is 13.0 Å². The van der Waals surface area contributed by atoms with Crippen molar-refractivity contribution in [3.05, 3.63) is 60.3 Å². The van der Waals surface area contributed by atoms with Crippen LogP contribution in [0.3, 0.4) is 0 Å². The molecule has 0 aliphatic heterocycles. The Labute approximate surface area is 106 Å². The van der Waals surface area contributed by atoms with Gasteiger partial charge in [-0.15, -0.1) is 0 Å². The molecular weight excluding hydrogens is 222 g/mol. The average molecular weight is 237 g/mol. The number of aromatic nitrogens is 2. The molecule has 1 unspecified atom stereocenters. The first kappa shape index (κ1) is 10.8. The molecule has 0 saturated heterocycles. The van der Waals surface area contributed by atoms with Crippen molar-refractivity contribution in [3.8, 4) is 0 Å². The van der Waals surface area contributed by atoms with Gasteiger partial charge in [-0.1, -0.05) is 42.5 Å². The van der Waals surface area contributed by atoms with Crippen molar-refractivity contribution in [1.29, 1.82) is 0 Å². The highest BCUT2D eigenvalue weighted by molar-refractivity contribution is 5.90. The molecule has 1 aromatic heterocycles. The van der Waals surface area contributed by atoms with E-state index in [0.717, 1.165) is 16.6 Å². The molecular formula is C15H15N3. The molecule has 0 radical (unpaired) electrons. The lowest BCUT2D eigenvalue weighted by molar-refractivity contribution is 0.886. The summed E-state index contributed by atoms with van der Waals surface area (Å²) in [5, 5.41) is 11.8. The standard InChI is InChI=1S/C15H15N3/c1-11(12-6-3-2-4-7-12)17-14-9-5-8-13-10-16-18-15(13)14/h2-11,17H,1H3,(H,16,18). The fraction of sp³-hybridized carbons (Fsp3) is 0.133. The molecule has 1 heterocycles. The van der Waals surface area contributed by atoms with Gasteiger partial charge in [0.2, 0.25) is 0 Å². The van der Waals surface area contributed by atoms with Crippen LogP contribution in [0.25, 0.3) is 10.9 Å². The van der Waals surface area contributed by atoms with Crippen LogP contribution < -0.4 is 5.32 Å². The second-order valence-corrected chi connectivity index (χ2v) is 4.42. The Morgan fingerprint density at radius 3 is 2.72 bits per heavy atom. The lowest BCUT2D eigenvalue weighted by Gasteiger charge is -2.16. The van der Waals surface area contributed by atoms with Crippen LogP contribution in [0, 0.1) is 0 Å². The van der Waals surface area contributed by atoms with Gasteiger partial charge in [-0.25, -0.2) is 0 Å². The number of aromatic amines is 1. The molecule has 2 N–H and O–H groups in total. The van der Waals surface area contributed by atoms with E-state index in [9.17, 15) is 0 Å². The topological polar surface area (TPSA) is 40.7 Å². The highest BCUT2D eigenvalue weighted by atomic mass is 15.1. The lowest BCUT2D eigenvalue weighted by Crippen LogP contribution is -2.06. The smallest absolute Gasteiger partial charge is 0.0881 e. The Hall–Kier alpha value is -2.29. The number of hydrogen-bond donors (Lipinski definition) is 2. The highest BCUT2D eigenvalue weighted by Gasteiger charge is 2.07. The van der Waals surface area contributed by atoms with E-state index in [4.69, 9.17) is 0 Å². The molecule has 0 bridgehead atoms. The lowest BCUT2D eigenvalue weighted by atomic mass is 10.1. The summed E-state index contributed by atoms with van der Waals surface area (Å²) in [6.07, 6.45) is 1.84. The van der Waals surface area contributed by atoms with Crippen molar-refractivity contribution in [1.82, 2.24) is 10.2 Å². The van der Waals surface area contributed by atoms with Crippen LogP contribution in [-0.4, -0.2) is 10.2 Å². The van der Waals surface area contributed by atoms with Crippen molar-refractivity contribution in [3.63, 3.8) is 0 Å². The number of para-hydroxylation sites is 1. The van der Waals surface area contributed by atoms with Gasteiger partial charge in [0.25, 0.3) is 0 Å². The van der Waals surface area contributed by atoms with Gasteiger partial charge in [0.1, 0.15) is 0 Å². The number of benzene rings is 2. The first-order chi connectivity index (χ1) is 8.84. The third-order valence-electron chi connectivity index (χ3n) is 3.15. The summed E-state index contributed by atoms with van der Waals surface area (Å²) in [4.78, 5) is 0. The van der Waals surface area contributed by atoms with Crippen LogP contribution in [-0.2, 0) is 0 Å². The third kappa shape index (κ3) is 1.95. The van der Waals surface area contributed by atoms with E-state index < -0.39 is 0 Å². The Morgan fingerprint density at radius 2 is 1.89 bits per heavy atom. The molecule has 1 atom stereocenters. The fourth-order valence-electron chi connectivity index (χ4n) is 2.15. The summed E-state index contributed by atoms with van der Waals surface area (Å²) in [6, 6.07) is 16.8. The molecule has 90 valence electrons. The zero-order chi connectivity index (χ0) is 12.4. The molecule has 0 aliphatic rings. The van der Waals surface area contributed by atoms with E-state index in [1.807, 2.05) is 18.3 Å². The van der Waals surface area contributed by atoms with Gasteiger partial charge in [0.15, 0.2) is 0 Å². The predicted octanol–water partition coefficient (Wildman–Crippen LogP) is 3.74. The normalized spacial score (nSPS) is 12.5. The number of fused-ring (bicyclic) bond motifs is 1. The monoisotopic (exact) mass is 237 g/mol. The Morgan fingerprint density at radius 1 is 1.06 bits per heavy atom. The quantitative estimate of drug-likeness (QED) is 0.728. The SMILES string of the molecule is CC(Nc1cccc2cn[nH]c12)c1ccccc1. The maximum atomic E-state index is 4.08. The molecule has 0 fully saturated rings. The van der Waals surface area contributed by atoms with Gasteiger partial charge in [-0.3, -0.25) is 5.10 Å². The predicted molar refractivity (Wildman–Crippen MR) is 74.6 cm³/mol. The summed E-state index contributed by atoms with van der Waals surface area (Å²) < 4.78 is 0.